The van der Waals surface area contributed by atoms with Gasteiger partial charge in [-0.25, -0.2) is 9.59 Å². The zero-order valence-electron chi connectivity index (χ0n) is 17.3. The summed E-state index contributed by atoms with van der Waals surface area (Å²) in [5.74, 6) is -1.00. The van der Waals surface area contributed by atoms with E-state index in [4.69, 9.17) is 0 Å². The summed E-state index contributed by atoms with van der Waals surface area (Å²) in [6.45, 7) is 2.21. The Hall–Kier alpha value is -3.57. The van der Waals surface area contributed by atoms with E-state index in [1.807, 2.05) is 55.5 Å². The highest BCUT2D eigenvalue weighted by molar-refractivity contribution is 6.22. The minimum Gasteiger partial charge on any atom is -0.337 e. The number of imide groups is 1. The molecule has 2 heterocycles. The smallest absolute Gasteiger partial charge is 0.337 e. The SMILES string of the molecule is Cc1ccc(C[N+]23C(=O)c4ccccc4C(=O)NC(CCc4ccccc42)C3=O)cc1. The van der Waals surface area contributed by atoms with Gasteiger partial charge in [0.25, 0.3) is 5.91 Å². The maximum atomic E-state index is 14.2. The molecule has 0 fully saturated rings. The van der Waals surface area contributed by atoms with Crippen molar-refractivity contribution >= 4 is 23.4 Å². The van der Waals surface area contributed by atoms with E-state index in [1.54, 1.807) is 24.3 Å². The van der Waals surface area contributed by atoms with E-state index >= 15 is 0 Å². The van der Waals surface area contributed by atoms with Gasteiger partial charge in [0.15, 0.2) is 5.69 Å². The predicted molar refractivity (Wildman–Crippen MR) is 118 cm³/mol. The van der Waals surface area contributed by atoms with Gasteiger partial charge in [0.05, 0.1) is 11.1 Å². The molecule has 0 aliphatic carbocycles. The molecule has 3 amide bonds. The van der Waals surface area contributed by atoms with Gasteiger partial charge in [-0.3, -0.25) is 4.79 Å². The van der Waals surface area contributed by atoms with Crippen molar-refractivity contribution in [3.8, 4) is 0 Å². The molecule has 31 heavy (non-hydrogen) atoms. The van der Waals surface area contributed by atoms with Gasteiger partial charge in [0.2, 0.25) is 0 Å². The molecule has 0 saturated heterocycles. The topological polar surface area (TPSA) is 63.2 Å². The molecule has 2 aliphatic rings. The largest absolute Gasteiger partial charge is 0.359 e. The van der Waals surface area contributed by atoms with E-state index in [0.717, 1.165) is 16.7 Å². The van der Waals surface area contributed by atoms with E-state index in [0.29, 0.717) is 24.1 Å². The summed E-state index contributed by atoms with van der Waals surface area (Å²) in [5.41, 5.74) is 4.26. The summed E-state index contributed by atoms with van der Waals surface area (Å²) < 4.78 is -0.457. The first-order valence-electron chi connectivity index (χ1n) is 10.5. The van der Waals surface area contributed by atoms with Crippen molar-refractivity contribution in [1.29, 1.82) is 0 Å². The summed E-state index contributed by atoms with van der Waals surface area (Å²) in [5, 5.41) is 2.91. The van der Waals surface area contributed by atoms with Crippen LogP contribution in [0.2, 0.25) is 0 Å². The number of quaternary nitrogens is 1. The fourth-order valence-corrected chi connectivity index (χ4v) is 4.76. The molecule has 2 aliphatic heterocycles. The van der Waals surface area contributed by atoms with Crippen molar-refractivity contribution in [3.05, 3.63) is 101 Å². The van der Waals surface area contributed by atoms with Gasteiger partial charge < -0.3 is 5.32 Å². The molecule has 5 rings (SSSR count). The number of hydrogen-bond acceptors (Lipinski definition) is 3. The predicted octanol–water partition coefficient (Wildman–Crippen LogP) is 3.93. The second kappa shape index (κ2) is 7.29. The first-order valence-corrected chi connectivity index (χ1v) is 10.5. The lowest BCUT2D eigenvalue weighted by molar-refractivity contribution is -0.130. The van der Waals surface area contributed by atoms with Crippen molar-refractivity contribution in [2.24, 2.45) is 0 Å². The van der Waals surface area contributed by atoms with Gasteiger partial charge in [0.1, 0.15) is 12.6 Å². The van der Waals surface area contributed by atoms with Crippen molar-refractivity contribution in [2.45, 2.75) is 32.4 Å². The minimum absolute atomic E-state index is 0.204. The van der Waals surface area contributed by atoms with Gasteiger partial charge in [-0.1, -0.05) is 60.2 Å². The maximum Gasteiger partial charge on any atom is 0.359 e. The molecule has 0 saturated carbocycles. The zero-order chi connectivity index (χ0) is 21.6. The second-order valence-electron chi connectivity index (χ2n) is 8.34. The molecule has 5 heteroatoms. The number of carbonyl (C=O) groups is 3. The monoisotopic (exact) mass is 411 g/mol. The second-order valence-corrected chi connectivity index (χ2v) is 8.34. The van der Waals surface area contributed by atoms with Crippen LogP contribution in [0.4, 0.5) is 5.69 Å². The summed E-state index contributed by atoms with van der Waals surface area (Å²) in [4.78, 5) is 41.2. The Morgan fingerprint density at radius 1 is 0.871 bits per heavy atom. The van der Waals surface area contributed by atoms with E-state index < -0.39 is 10.5 Å². The Balaban J connectivity index is 1.82. The van der Waals surface area contributed by atoms with Crippen molar-refractivity contribution < 1.29 is 14.4 Å². The third-order valence-corrected chi connectivity index (χ3v) is 6.37. The zero-order valence-corrected chi connectivity index (χ0v) is 17.3. The third-order valence-electron chi connectivity index (χ3n) is 6.37. The molecule has 2 unspecified atom stereocenters. The van der Waals surface area contributed by atoms with Crippen molar-refractivity contribution in [2.75, 3.05) is 0 Å². The highest BCUT2D eigenvalue weighted by Crippen LogP contribution is 2.38. The maximum absolute atomic E-state index is 14.2. The van der Waals surface area contributed by atoms with E-state index in [1.165, 1.54) is 0 Å². The highest BCUT2D eigenvalue weighted by Gasteiger charge is 2.55. The number of amides is 3. The number of benzene rings is 3. The third kappa shape index (κ3) is 3.01. The molecular formula is C26H23N2O3+. The molecule has 1 N–H and O–H groups in total. The van der Waals surface area contributed by atoms with Crippen LogP contribution >= 0.6 is 0 Å². The Bertz CT molecular complexity index is 1220. The molecule has 2 atom stereocenters. The fraction of sp³-hybridized carbons (Fsp3) is 0.192. The van der Waals surface area contributed by atoms with Crippen LogP contribution in [0.15, 0.2) is 72.8 Å². The lowest BCUT2D eigenvalue weighted by atomic mass is 9.98. The molecule has 0 aromatic heterocycles. The Morgan fingerprint density at radius 3 is 2.32 bits per heavy atom. The first-order chi connectivity index (χ1) is 15.0. The lowest BCUT2D eigenvalue weighted by Crippen LogP contribution is -2.65. The van der Waals surface area contributed by atoms with Crippen LogP contribution in [0.1, 0.15) is 43.8 Å². The summed E-state index contributed by atoms with van der Waals surface area (Å²) in [6.07, 6.45) is 1.08. The summed E-state index contributed by atoms with van der Waals surface area (Å²) in [6, 6.07) is 21.6. The van der Waals surface area contributed by atoms with E-state index in [2.05, 4.69) is 5.32 Å². The number of nitrogens with one attached hydrogen (secondary N) is 1. The van der Waals surface area contributed by atoms with Crippen LogP contribution in [0, 0.1) is 6.92 Å². The summed E-state index contributed by atoms with van der Waals surface area (Å²) in [7, 11) is 0. The van der Waals surface area contributed by atoms with Gasteiger partial charge in [-0.15, -0.1) is 0 Å². The van der Waals surface area contributed by atoms with Gasteiger partial charge in [-0.2, -0.15) is 4.48 Å². The average Bonchev–Trinajstić information content (AvgIpc) is 2.91. The number of fused-ring (bicyclic) bond motifs is 5. The standard InChI is InChI=1S/C26H22N2O3/c1-17-10-12-18(13-11-17)16-28-23-9-5-2-6-19(23)14-15-22(26(28)31)27-24(29)20-7-3-4-8-21(20)25(28)30/h2-13,22H,14-16H2,1H3/p+1. The molecule has 3 aromatic rings. The lowest BCUT2D eigenvalue weighted by Gasteiger charge is -2.36. The minimum atomic E-state index is -0.734. The normalized spacial score (nSPS) is 22.5. The fourth-order valence-electron chi connectivity index (χ4n) is 4.76. The molecule has 5 nitrogen and oxygen atoms in total. The Kier molecular flexibility index (Phi) is 4.56. The number of hydrogen-bond donors (Lipinski definition) is 1. The molecule has 3 aromatic carbocycles. The number of nitrogens with zero attached hydrogens (tertiary/aromatic N) is 1. The quantitative estimate of drug-likeness (QED) is 0.513. The summed E-state index contributed by atoms with van der Waals surface area (Å²) >= 11 is 0. The first kappa shape index (κ1) is 19.4. The molecule has 154 valence electrons. The van der Waals surface area contributed by atoms with Crippen LogP contribution in [0.3, 0.4) is 0 Å². The molecule has 0 radical (unpaired) electrons. The van der Waals surface area contributed by atoms with Gasteiger partial charge >= 0.3 is 11.8 Å². The van der Waals surface area contributed by atoms with Gasteiger partial charge in [-0.05, 0) is 31.9 Å². The van der Waals surface area contributed by atoms with Crippen LogP contribution in [0.5, 0.6) is 0 Å². The molecular weight excluding hydrogens is 388 g/mol. The number of rotatable bonds is 2. The molecule has 0 spiro atoms. The number of carbonyl (C=O) groups excluding carboxylic acids is 3. The Morgan fingerprint density at radius 2 is 1.55 bits per heavy atom. The van der Waals surface area contributed by atoms with Crippen molar-refractivity contribution in [1.82, 2.24) is 9.80 Å². The van der Waals surface area contributed by atoms with E-state index in [-0.39, 0.29) is 29.8 Å². The van der Waals surface area contributed by atoms with Crippen LogP contribution in [-0.2, 0) is 17.8 Å². The van der Waals surface area contributed by atoms with Crippen LogP contribution in [0.25, 0.3) is 0 Å². The van der Waals surface area contributed by atoms with Crippen molar-refractivity contribution in [3.63, 3.8) is 0 Å². The Labute approximate surface area is 180 Å². The van der Waals surface area contributed by atoms with Crippen LogP contribution in [-0.4, -0.2) is 23.8 Å². The highest BCUT2D eigenvalue weighted by atomic mass is 16.2. The van der Waals surface area contributed by atoms with E-state index in [9.17, 15) is 14.4 Å². The number of aryl methyl sites for hydroxylation is 2. The van der Waals surface area contributed by atoms with Crippen LogP contribution < -0.4 is 9.80 Å². The number of para-hydroxylation sites is 1. The molecule has 2 bridgehead atoms. The van der Waals surface area contributed by atoms with Gasteiger partial charge in [0, 0.05) is 17.2 Å². The average molecular weight is 411 g/mol.